The van der Waals surface area contributed by atoms with Crippen molar-refractivity contribution in [1.82, 2.24) is 9.61 Å². The van der Waals surface area contributed by atoms with E-state index < -0.39 is 11.8 Å². The number of aromatic nitrogens is 2. The minimum Gasteiger partial charge on any atom is -0.366 e. The predicted molar refractivity (Wildman–Crippen MR) is 83.1 cm³/mol. The number of pyridine rings is 1. The standard InChI is InChI=1S/C15H11ClN4O2/c16-12-11-3-1-2-8-20(11)19-13(12)15(22)18-10-6-4-9(5-7-10)14(17)21/h1-8H,(H2,17,21)(H,18,22). The fraction of sp³-hybridized carbons (Fsp3) is 0. The Bertz CT molecular complexity index is 871. The lowest BCUT2D eigenvalue weighted by molar-refractivity contribution is 0.0998. The number of hydrogen-bond acceptors (Lipinski definition) is 3. The molecule has 0 aliphatic carbocycles. The minimum atomic E-state index is -0.527. The highest BCUT2D eigenvalue weighted by Gasteiger charge is 2.17. The van der Waals surface area contributed by atoms with Crippen LogP contribution < -0.4 is 11.1 Å². The molecule has 0 unspecified atom stereocenters. The molecule has 3 rings (SSSR count). The van der Waals surface area contributed by atoms with Crippen LogP contribution in [0.25, 0.3) is 5.52 Å². The summed E-state index contributed by atoms with van der Waals surface area (Å²) in [5.74, 6) is -0.957. The molecule has 0 aliphatic rings. The Morgan fingerprint density at radius 3 is 2.50 bits per heavy atom. The lowest BCUT2D eigenvalue weighted by Crippen LogP contribution is -2.14. The number of fused-ring (bicyclic) bond motifs is 1. The third kappa shape index (κ3) is 2.51. The van der Waals surface area contributed by atoms with Gasteiger partial charge in [0.1, 0.15) is 0 Å². The van der Waals surface area contributed by atoms with Crippen molar-refractivity contribution < 1.29 is 9.59 Å². The monoisotopic (exact) mass is 314 g/mol. The van der Waals surface area contributed by atoms with Gasteiger partial charge in [-0.05, 0) is 36.4 Å². The van der Waals surface area contributed by atoms with Crippen LogP contribution in [0.5, 0.6) is 0 Å². The van der Waals surface area contributed by atoms with Crippen LogP contribution in [0.2, 0.25) is 5.02 Å². The summed E-state index contributed by atoms with van der Waals surface area (Å²) in [6.07, 6.45) is 1.71. The van der Waals surface area contributed by atoms with Crippen LogP contribution in [-0.4, -0.2) is 21.4 Å². The Balaban J connectivity index is 1.87. The van der Waals surface area contributed by atoms with E-state index in [1.165, 1.54) is 16.6 Å². The SMILES string of the molecule is NC(=O)c1ccc(NC(=O)c2nn3ccccc3c2Cl)cc1. The summed E-state index contributed by atoms with van der Waals surface area (Å²) >= 11 is 6.18. The Hall–Kier alpha value is -2.86. The second-order valence-electron chi connectivity index (χ2n) is 4.59. The van der Waals surface area contributed by atoms with E-state index in [1.54, 1.807) is 30.5 Å². The molecule has 2 heterocycles. The Morgan fingerprint density at radius 2 is 1.86 bits per heavy atom. The number of nitrogens with zero attached hydrogens (tertiary/aromatic N) is 2. The topological polar surface area (TPSA) is 89.5 Å². The number of hydrogen-bond donors (Lipinski definition) is 2. The maximum absolute atomic E-state index is 12.3. The van der Waals surface area contributed by atoms with E-state index in [-0.39, 0.29) is 10.7 Å². The number of nitrogens with one attached hydrogen (secondary N) is 1. The highest BCUT2D eigenvalue weighted by Crippen LogP contribution is 2.22. The van der Waals surface area contributed by atoms with Crippen molar-refractivity contribution in [3.05, 3.63) is 64.9 Å². The number of halogens is 1. The first kappa shape index (κ1) is 14.1. The van der Waals surface area contributed by atoms with E-state index in [4.69, 9.17) is 17.3 Å². The third-order valence-corrected chi connectivity index (χ3v) is 3.49. The van der Waals surface area contributed by atoms with Crippen molar-refractivity contribution in [2.24, 2.45) is 5.73 Å². The molecule has 22 heavy (non-hydrogen) atoms. The summed E-state index contributed by atoms with van der Waals surface area (Å²) in [5, 5.41) is 7.11. The summed E-state index contributed by atoms with van der Waals surface area (Å²) in [4.78, 5) is 23.3. The minimum absolute atomic E-state index is 0.131. The third-order valence-electron chi connectivity index (χ3n) is 3.12. The number of rotatable bonds is 3. The van der Waals surface area contributed by atoms with Gasteiger partial charge in [-0.1, -0.05) is 17.7 Å². The molecule has 0 spiro atoms. The zero-order valence-electron chi connectivity index (χ0n) is 11.3. The van der Waals surface area contributed by atoms with E-state index in [0.29, 0.717) is 16.8 Å². The van der Waals surface area contributed by atoms with Crippen LogP contribution in [0.4, 0.5) is 5.69 Å². The van der Waals surface area contributed by atoms with Crippen LogP contribution in [0.1, 0.15) is 20.8 Å². The second kappa shape index (κ2) is 5.50. The average molecular weight is 315 g/mol. The van der Waals surface area contributed by atoms with Crippen LogP contribution in [0, 0.1) is 0 Å². The molecule has 3 N–H and O–H groups in total. The van der Waals surface area contributed by atoms with Crippen LogP contribution >= 0.6 is 11.6 Å². The van der Waals surface area contributed by atoms with Gasteiger partial charge in [-0.25, -0.2) is 4.52 Å². The quantitative estimate of drug-likeness (QED) is 0.777. The van der Waals surface area contributed by atoms with Gasteiger partial charge in [-0.15, -0.1) is 0 Å². The van der Waals surface area contributed by atoms with E-state index >= 15 is 0 Å². The molecule has 0 saturated carbocycles. The van der Waals surface area contributed by atoms with Gasteiger partial charge in [-0.3, -0.25) is 9.59 Å². The van der Waals surface area contributed by atoms with Crippen molar-refractivity contribution in [2.75, 3.05) is 5.32 Å². The van der Waals surface area contributed by atoms with E-state index in [1.807, 2.05) is 6.07 Å². The first-order valence-corrected chi connectivity index (χ1v) is 6.78. The van der Waals surface area contributed by atoms with Crippen LogP contribution in [-0.2, 0) is 0 Å². The number of carbonyl (C=O) groups is 2. The second-order valence-corrected chi connectivity index (χ2v) is 4.97. The molecule has 0 fully saturated rings. The highest BCUT2D eigenvalue weighted by atomic mass is 35.5. The number of amides is 2. The van der Waals surface area contributed by atoms with Gasteiger partial charge in [0.25, 0.3) is 5.91 Å². The van der Waals surface area contributed by atoms with E-state index in [0.717, 1.165) is 0 Å². The zero-order chi connectivity index (χ0) is 15.7. The molecule has 0 atom stereocenters. The fourth-order valence-corrected chi connectivity index (χ4v) is 2.29. The Kier molecular flexibility index (Phi) is 3.52. The largest absolute Gasteiger partial charge is 0.366 e. The van der Waals surface area contributed by atoms with Crippen molar-refractivity contribution in [3.63, 3.8) is 0 Å². The number of benzene rings is 1. The molecule has 0 aliphatic heterocycles. The molecular formula is C15H11ClN4O2. The molecule has 0 saturated heterocycles. The molecule has 1 aromatic carbocycles. The van der Waals surface area contributed by atoms with Gasteiger partial charge >= 0.3 is 0 Å². The number of nitrogens with two attached hydrogens (primary N) is 1. The van der Waals surface area contributed by atoms with E-state index in [9.17, 15) is 9.59 Å². The smallest absolute Gasteiger partial charge is 0.277 e. The van der Waals surface area contributed by atoms with Gasteiger partial charge in [0.05, 0.1) is 10.5 Å². The molecule has 0 bridgehead atoms. The summed E-state index contributed by atoms with van der Waals surface area (Å²) < 4.78 is 1.54. The maximum Gasteiger partial charge on any atom is 0.277 e. The Labute approximate surface area is 130 Å². The van der Waals surface area contributed by atoms with Gasteiger partial charge in [-0.2, -0.15) is 5.10 Å². The molecule has 2 amide bonds. The lowest BCUT2D eigenvalue weighted by Gasteiger charge is -2.04. The first-order valence-electron chi connectivity index (χ1n) is 6.40. The van der Waals surface area contributed by atoms with Gasteiger partial charge in [0.2, 0.25) is 5.91 Å². The lowest BCUT2D eigenvalue weighted by atomic mass is 10.2. The van der Waals surface area contributed by atoms with Crippen molar-refractivity contribution in [3.8, 4) is 0 Å². The van der Waals surface area contributed by atoms with Gasteiger partial charge in [0.15, 0.2) is 5.69 Å². The predicted octanol–water partition coefficient (Wildman–Crippen LogP) is 2.34. The number of primary amides is 1. The van der Waals surface area contributed by atoms with E-state index in [2.05, 4.69) is 10.4 Å². The van der Waals surface area contributed by atoms with Crippen molar-refractivity contribution >= 4 is 34.6 Å². The number of anilines is 1. The molecule has 110 valence electrons. The molecule has 6 nitrogen and oxygen atoms in total. The molecular weight excluding hydrogens is 304 g/mol. The summed E-state index contributed by atoms with van der Waals surface area (Å²) in [5.41, 5.74) is 6.83. The van der Waals surface area contributed by atoms with Crippen molar-refractivity contribution in [2.45, 2.75) is 0 Å². The first-order chi connectivity index (χ1) is 10.6. The van der Waals surface area contributed by atoms with Gasteiger partial charge < -0.3 is 11.1 Å². The summed E-state index contributed by atoms with van der Waals surface area (Å²) in [6, 6.07) is 11.6. The summed E-state index contributed by atoms with van der Waals surface area (Å²) in [6.45, 7) is 0. The fourth-order valence-electron chi connectivity index (χ4n) is 2.02. The number of carbonyl (C=O) groups excluding carboxylic acids is 2. The van der Waals surface area contributed by atoms with Crippen molar-refractivity contribution in [1.29, 1.82) is 0 Å². The molecule has 3 aromatic rings. The summed E-state index contributed by atoms with van der Waals surface area (Å²) in [7, 11) is 0. The molecule has 7 heteroatoms. The normalized spacial score (nSPS) is 10.6. The average Bonchev–Trinajstić information content (AvgIpc) is 2.85. The van der Waals surface area contributed by atoms with Crippen LogP contribution in [0.3, 0.4) is 0 Å². The zero-order valence-corrected chi connectivity index (χ0v) is 12.0. The van der Waals surface area contributed by atoms with Crippen LogP contribution in [0.15, 0.2) is 48.7 Å². The molecule has 2 aromatic heterocycles. The molecule has 0 radical (unpaired) electrons. The maximum atomic E-state index is 12.3. The van der Waals surface area contributed by atoms with Gasteiger partial charge in [0, 0.05) is 17.4 Å². The highest BCUT2D eigenvalue weighted by molar-refractivity contribution is 6.37. The Morgan fingerprint density at radius 1 is 1.14 bits per heavy atom.